The number of piperidine rings is 1. The van der Waals surface area contributed by atoms with Crippen LogP contribution in [-0.4, -0.2) is 23.8 Å². The van der Waals surface area contributed by atoms with Gasteiger partial charge < -0.3 is 10.2 Å². The molecule has 5 rings (SSSR count). The molecule has 6 atom stereocenters. The van der Waals surface area contributed by atoms with E-state index in [0.29, 0.717) is 24.2 Å². The summed E-state index contributed by atoms with van der Waals surface area (Å²) in [5, 5.41) is 3.25. The van der Waals surface area contributed by atoms with E-state index in [1.807, 2.05) is 30.1 Å². The van der Waals surface area contributed by atoms with Crippen molar-refractivity contribution in [3.8, 4) is 0 Å². The molecule has 1 aromatic carbocycles. The quantitative estimate of drug-likeness (QED) is 0.683. The first-order chi connectivity index (χ1) is 14.8. The summed E-state index contributed by atoms with van der Waals surface area (Å²) in [4.78, 5) is 27.6. The van der Waals surface area contributed by atoms with Crippen LogP contribution in [0.1, 0.15) is 64.4 Å². The lowest BCUT2D eigenvalue weighted by Crippen LogP contribution is -2.54. The van der Waals surface area contributed by atoms with Crippen molar-refractivity contribution in [3.05, 3.63) is 41.6 Å². The fourth-order valence-corrected chi connectivity index (χ4v) is 7.94. The van der Waals surface area contributed by atoms with Gasteiger partial charge in [-0.3, -0.25) is 9.59 Å². The molecule has 0 aromatic heterocycles. The molecule has 3 aliphatic carbocycles. The number of likely N-dealkylation sites (tertiary alicyclic amines) is 1. The zero-order chi connectivity index (χ0) is 22.0. The number of nitrogens with zero attached hydrogens (tertiary/aromatic N) is 1. The van der Waals surface area contributed by atoms with Crippen LogP contribution in [0.5, 0.6) is 0 Å². The van der Waals surface area contributed by atoms with Crippen molar-refractivity contribution >= 4 is 17.5 Å². The minimum atomic E-state index is 0.0754. The van der Waals surface area contributed by atoms with Crippen LogP contribution in [0.2, 0.25) is 0 Å². The number of hydrogen-bond donors (Lipinski definition) is 1. The normalized spacial score (nSPS) is 39.3. The number of aryl methyl sites for hydroxylation is 1. The third-order valence-corrected chi connectivity index (χ3v) is 9.74. The highest BCUT2D eigenvalue weighted by Gasteiger charge is 2.60. The van der Waals surface area contributed by atoms with Crippen molar-refractivity contribution in [2.45, 2.75) is 65.7 Å². The Morgan fingerprint density at radius 1 is 1.10 bits per heavy atom. The van der Waals surface area contributed by atoms with Gasteiger partial charge in [0.05, 0.1) is 0 Å². The number of allylic oxidation sites excluding steroid dienone is 2. The van der Waals surface area contributed by atoms with Crippen LogP contribution in [0.4, 0.5) is 5.69 Å². The summed E-state index contributed by atoms with van der Waals surface area (Å²) < 4.78 is 0. The average molecular weight is 421 g/mol. The van der Waals surface area contributed by atoms with Gasteiger partial charge in [-0.15, -0.1) is 0 Å². The monoisotopic (exact) mass is 420 g/mol. The van der Waals surface area contributed by atoms with E-state index in [-0.39, 0.29) is 28.6 Å². The van der Waals surface area contributed by atoms with Crippen LogP contribution in [-0.2, 0) is 9.59 Å². The molecule has 2 saturated carbocycles. The second-order valence-electron chi connectivity index (χ2n) is 11.1. The Balaban J connectivity index is 1.39. The van der Waals surface area contributed by atoms with Crippen LogP contribution in [0, 0.1) is 41.4 Å². The smallest absolute Gasteiger partial charge is 0.228 e. The van der Waals surface area contributed by atoms with E-state index in [9.17, 15) is 9.59 Å². The number of nitrogens with one attached hydrogen (secondary N) is 1. The van der Waals surface area contributed by atoms with Gasteiger partial charge in [-0.1, -0.05) is 38.1 Å². The third-order valence-electron chi connectivity index (χ3n) is 9.74. The first-order valence-corrected chi connectivity index (χ1v) is 12.1. The Morgan fingerprint density at radius 2 is 1.87 bits per heavy atom. The zero-order valence-electron chi connectivity index (χ0n) is 19.4. The molecule has 4 heteroatoms. The topological polar surface area (TPSA) is 49.4 Å². The molecule has 1 aliphatic heterocycles. The Labute approximate surface area is 186 Å². The van der Waals surface area contributed by atoms with Crippen LogP contribution in [0.25, 0.3) is 0 Å². The van der Waals surface area contributed by atoms with E-state index in [1.54, 1.807) is 0 Å². The molecule has 1 saturated heterocycles. The van der Waals surface area contributed by atoms with Crippen molar-refractivity contribution in [2.75, 3.05) is 12.4 Å². The SMILES string of the molecule is Cc1ccccc1NC(=O)[C@H]1CC[C@H]2[C@@H]3CC=C4N(C)C(=O)CC[C@]4(C)[C@H]3CC[C@]12C. The molecule has 1 N–H and O–H groups in total. The number of amides is 2. The van der Waals surface area contributed by atoms with Crippen molar-refractivity contribution in [1.29, 1.82) is 0 Å². The largest absolute Gasteiger partial charge is 0.326 e. The number of hydrogen-bond acceptors (Lipinski definition) is 2. The van der Waals surface area contributed by atoms with Crippen molar-refractivity contribution < 1.29 is 9.59 Å². The lowest BCUT2D eigenvalue weighted by atomic mass is 9.49. The highest BCUT2D eigenvalue weighted by molar-refractivity contribution is 5.94. The van der Waals surface area contributed by atoms with Gasteiger partial charge in [-0.05, 0) is 80.2 Å². The molecule has 4 aliphatic rings. The molecule has 3 fully saturated rings. The Kier molecular flexibility index (Phi) is 4.84. The Morgan fingerprint density at radius 3 is 2.65 bits per heavy atom. The zero-order valence-corrected chi connectivity index (χ0v) is 19.4. The molecule has 0 radical (unpaired) electrons. The van der Waals surface area contributed by atoms with E-state index in [4.69, 9.17) is 0 Å². The van der Waals surface area contributed by atoms with E-state index >= 15 is 0 Å². The summed E-state index contributed by atoms with van der Waals surface area (Å²) in [6.07, 6.45) is 9.49. The highest BCUT2D eigenvalue weighted by atomic mass is 16.2. The first kappa shape index (κ1) is 20.8. The Hall–Kier alpha value is -2.10. The van der Waals surface area contributed by atoms with E-state index in [2.05, 4.69) is 38.2 Å². The highest BCUT2D eigenvalue weighted by Crippen LogP contribution is 2.66. The fourth-order valence-electron chi connectivity index (χ4n) is 7.94. The molecule has 4 nitrogen and oxygen atoms in total. The van der Waals surface area contributed by atoms with Gasteiger partial charge in [-0.25, -0.2) is 0 Å². The summed E-state index contributed by atoms with van der Waals surface area (Å²) >= 11 is 0. The van der Waals surface area contributed by atoms with Gasteiger partial charge in [0.2, 0.25) is 11.8 Å². The van der Waals surface area contributed by atoms with Gasteiger partial charge in [0, 0.05) is 36.2 Å². The molecular weight excluding hydrogens is 384 g/mol. The molecular formula is C27H36N2O2. The summed E-state index contributed by atoms with van der Waals surface area (Å²) in [7, 11) is 1.96. The van der Waals surface area contributed by atoms with Crippen molar-refractivity contribution in [1.82, 2.24) is 4.90 Å². The minimum absolute atomic E-state index is 0.0754. The maximum absolute atomic E-state index is 13.4. The number of carbonyl (C=O) groups is 2. The van der Waals surface area contributed by atoms with E-state index in [1.165, 1.54) is 12.1 Å². The van der Waals surface area contributed by atoms with Gasteiger partial charge in [0.25, 0.3) is 0 Å². The maximum Gasteiger partial charge on any atom is 0.228 e. The number of benzene rings is 1. The molecule has 0 unspecified atom stereocenters. The third kappa shape index (κ3) is 3.01. The maximum atomic E-state index is 13.4. The molecule has 1 aromatic rings. The van der Waals surface area contributed by atoms with Gasteiger partial charge in [0.15, 0.2) is 0 Å². The summed E-state index contributed by atoms with van der Waals surface area (Å²) in [5.74, 6) is 2.41. The van der Waals surface area contributed by atoms with E-state index < -0.39 is 0 Å². The number of para-hydroxylation sites is 1. The summed E-state index contributed by atoms with van der Waals surface area (Å²) in [6.45, 7) is 6.85. The Bertz CT molecular complexity index is 952. The number of carbonyl (C=O) groups excluding carboxylic acids is 2. The van der Waals surface area contributed by atoms with Crippen LogP contribution in [0.3, 0.4) is 0 Å². The second-order valence-corrected chi connectivity index (χ2v) is 11.1. The van der Waals surface area contributed by atoms with Crippen LogP contribution in [0.15, 0.2) is 36.0 Å². The van der Waals surface area contributed by atoms with Gasteiger partial charge >= 0.3 is 0 Å². The van der Waals surface area contributed by atoms with E-state index in [0.717, 1.165) is 43.4 Å². The van der Waals surface area contributed by atoms with Gasteiger partial charge in [0.1, 0.15) is 0 Å². The minimum Gasteiger partial charge on any atom is -0.326 e. The molecule has 166 valence electrons. The lowest BCUT2D eigenvalue weighted by Gasteiger charge is -2.58. The first-order valence-electron chi connectivity index (χ1n) is 12.1. The predicted octanol–water partition coefficient (Wildman–Crippen LogP) is 5.54. The standard InChI is InChI=1S/C27H36N2O2/c1-17-7-5-6-8-22(17)28-25(31)21-11-10-19-18-9-12-23-27(3,16-14-24(30)29(23)4)20(18)13-15-26(19,21)2/h5-8,12,18-21H,9-11,13-16H2,1-4H3,(H,28,31)/t18-,19-,20-,21+,26-,27+/m0/s1. The van der Waals surface area contributed by atoms with Crippen LogP contribution < -0.4 is 5.32 Å². The summed E-state index contributed by atoms with van der Waals surface area (Å²) in [5.41, 5.74) is 3.51. The molecule has 0 spiro atoms. The molecule has 2 amide bonds. The molecule has 31 heavy (non-hydrogen) atoms. The number of anilines is 1. The lowest BCUT2D eigenvalue weighted by molar-refractivity contribution is -0.137. The van der Waals surface area contributed by atoms with Crippen molar-refractivity contribution in [2.24, 2.45) is 34.5 Å². The number of fused-ring (bicyclic) bond motifs is 5. The van der Waals surface area contributed by atoms with Crippen molar-refractivity contribution in [3.63, 3.8) is 0 Å². The molecule has 1 heterocycles. The second kappa shape index (κ2) is 7.21. The van der Waals surface area contributed by atoms with Gasteiger partial charge in [-0.2, -0.15) is 0 Å². The predicted molar refractivity (Wildman–Crippen MR) is 123 cm³/mol. The molecule has 0 bridgehead atoms. The summed E-state index contributed by atoms with van der Waals surface area (Å²) in [6, 6.07) is 8.07. The van der Waals surface area contributed by atoms with Crippen LogP contribution >= 0.6 is 0 Å². The fraction of sp³-hybridized carbons (Fsp3) is 0.630. The average Bonchev–Trinajstić information content (AvgIpc) is 3.10. The number of rotatable bonds is 2.